The summed E-state index contributed by atoms with van der Waals surface area (Å²) in [5.74, 6) is -0.0477. The van der Waals surface area contributed by atoms with Gasteiger partial charge in [-0.25, -0.2) is 4.79 Å². The molecule has 0 radical (unpaired) electrons. The minimum absolute atomic E-state index is 0.0477. The smallest absolute Gasteiger partial charge is 0.319 e. The minimum Gasteiger partial charge on any atom is -0.337 e. The van der Waals surface area contributed by atoms with Crippen LogP contribution in [0.1, 0.15) is 28.1 Å². The fraction of sp³-hybridized carbons (Fsp3) is 0.294. The van der Waals surface area contributed by atoms with Gasteiger partial charge >= 0.3 is 6.03 Å². The maximum atomic E-state index is 12.5. The van der Waals surface area contributed by atoms with Crippen molar-refractivity contribution in [1.29, 1.82) is 0 Å². The number of anilines is 1. The van der Waals surface area contributed by atoms with Crippen molar-refractivity contribution in [3.05, 3.63) is 50.6 Å². The van der Waals surface area contributed by atoms with Crippen LogP contribution in [0.5, 0.6) is 0 Å². The zero-order chi connectivity index (χ0) is 17.1. The SMILES string of the molecule is CN(Cc1ccc(Br)s1)C(=O)c1ccc(NC(=O)NC2CC2)cc1. The number of hydrogen-bond acceptors (Lipinski definition) is 3. The third-order valence-corrected chi connectivity index (χ3v) is 5.28. The third kappa shape index (κ3) is 4.58. The lowest BCUT2D eigenvalue weighted by Crippen LogP contribution is -2.30. The number of carbonyl (C=O) groups is 2. The van der Waals surface area contributed by atoms with E-state index in [0.29, 0.717) is 23.8 Å². The first kappa shape index (κ1) is 17.0. The van der Waals surface area contributed by atoms with Crippen molar-refractivity contribution in [2.75, 3.05) is 12.4 Å². The van der Waals surface area contributed by atoms with Crippen LogP contribution in [0.3, 0.4) is 0 Å². The van der Waals surface area contributed by atoms with E-state index in [9.17, 15) is 9.59 Å². The molecular formula is C17H18BrN3O2S. The molecule has 3 rings (SSSR count). The van der Waals surface area contributed by atoms with E-state index in [-0.39, 0.29) is 11.9 Å². The van der Waals surface area contributed by atoms with Crippen LogP contribution in [-0.2, 0) is 6.54 Å². The summed E-state index contributed by atoms with van der Waals surface area (Å²) in [5, 5.41) is 5.63. The van der Waals surface area contributed by atoms with Gasteiger partial charge in [0.25, 0.3) is 5.91 Å². The molecular weight excluding hydrogens is 390 g/mol. The fourth-order valence-electron chi connectivity index (χ4n) is 2.24. The highest BCUT2D eigenvalue weighted by atomic mass is 79.9. The largest absolute Gasteiger partial charge is 0.337 e. The summed E-state index contributed by atoms with van der Waals surface area (Å²) in [7, 11) is 1.78. The van der Waals surface area contributed by atoms with Gasteiger partial charge in [-0.3, -0.25) is 4.79 Å². The molecule has 0 aliphatic heterocycles. The van der Waals surface area contributed by atoms with Gasteiger partial charge in [-0.15, -0.1) is 11.3 Å². The molecule has 0 unspecified atom stereocenters. The Bertz CT molecular complexity index is 741. The average molecular weight is 408 g/mol. The molecule has 3 amide bonds. The van der Waals surface area contributed by atoms with Gasteiger partial charge < -0.3 is 15.5 Å². The first-order chi connectivity index (χ1) is 11.5. The number of urea groups is 1. The van der Waals surface area contributed by atoms with Crippen LogP contribution in [-0.4, -0.2) is 29.9 Å². The standard InChI is InChI=1S/C17H18BrN3O2S/c1-21(10-14-8-9-15(18)24-14)16(22)11-2-4-12(5-3-11)19-17(23)20-13-6-7-13/h2-5,8-9,13H,6-7,10H2,1H3,(H2,19,20,23). The van der Waals surface area contributed by atoms with Crippen LogP contribution < -0.4 is 10.6 Å². The predicted octanol–water partition coefficient (Wildman–Crippen LogP) is 4.07. The second-order valence-electron chi connectivity index (χ2n) is 5.82. The monoisotopic (exact) mass is 407 g/mol. The van der Waals surface area contributed by atoms with E-state index in [0.717, 1.165) is 21.5 Å². The number of nitrogens with one attached hydrogen (secondary N) is 2. The first-order valence-electron chi connectivity index (χ1n) is 7.68. The zero-order valence-electron chi connectivity index (χ0n) is 13.2. The summed E-state index contributed by atoms with van der Waals surface area (Å²) in [6, 6.07) is 11.1. The lowest BCUT2D eigenvalue weighted by atomic mass is 10.2. The van der Waals surface area contributed by atoms with Gasteiger partial charge in [-0.2, -0.15) is 0 Å². The molecule has 0 atom stereocenters. The van der Waals surface area contributed by atoms with Crippen molar-refractivity contribution in [2.45, 2.75) is 25.4 Å². The molecule has 1 fully saturated rings. The van der Waals surface area contributed by atoms with Crippen LogP contribution in [0.15, 0.2) is 40.2 Å². The number of hydrogen-bond donors (Lipinski definition) is 2. The van der Waals surface area contributed by atoms with Crippen molar-refractivity contribution in [3.63, 3.8) is 0 Å². The Kier molecular flexibility index (Phi) is 5.20. The molecule has 5 nitrogen and oxygen atoms in total. The van der Waals surface area contributed by atoms with E-state index in [1.54, 1.807) is 47.5 Å². The highest BCUT2D eigenvalue weighted by Gasteiger charge is 2.23. The minimum atomic E-state index is -0.197. The number of carbonyl (C=O) groups excluding carboxylic acids is 2. The Morgan fingerprint density at radius 3 is 2.50 bits per heavy atom. The van der Waals surface area contributed by atoms with Crippen molar-refractivity contribution in [3.8, 4) is 0 Å². The molecule has 1 aromatic heterocycles. The summed E-state index contributed by atoms with van der Waals surface area (Å²) in [4.78, 5) is 27.0. The van der Waals surface area contributed by atoms with Crippen LogP contribution in [0.4, 0.5) is 10.5 Å². The summed E-state index contributed by atoms with van der Waals surface area (Å²) < 4.78 is 1.05. The first-order valence-corrected chi connectivity index (χ1v) is 9.29. The van der Waals surface area contributed by atoms with Crippen LogP contribution in [0.2, 0.25) is 0 Å². The van der Waals surface area contributed by atoms with Crippen molar-refractivity contribution < 1.29 is 9.59 Å². The van der Waals surface area contributed by atoms with Crippen molar-refractivity contribution >= 4 is 44.9 Å². The molecule has 1 aliphatic rings. The van der Waals surface area contributed by atoms with Gasteiger partial charge in [0, 0.05) is 29.2 Å². The molecule has 0 spiro atoms. The van der Waals surface area contributed by atoms with E-state index in [4.69, 9.17) is 0 Å². The molecule has 1 aliphatic carbocycles. The molecule has 24 heavy (non-hydrogen) atoms. The highest BCUT2D eigenvalue weighted by molar-refractivity contribution is 9.11. The second kappa shape index (κ2) is 7.36. The average Bonchev–Trinajstić information content (AvgIpc) is 3.27. The summed E-state index contributed by atoms with van der Waals surface area (Å²) in [6.07, 6.45) is 2.10. The number of nitrogens with zero attached hydrogens (tertiary/aromatic N) is 1. The predicted molar refractivity (Wildman–Crippen MR) is 99.4 cm³/mol. The van der Waals surface area contributed by atoms with Gasteiger partial charge in [0.15, 0.2) is 0 Å². The Morgan fingerprint density at radius 1 is 1.21 bits per heavy atom. The van der Waals surface area contributed by atoms with E-state index >= 15 is 0 Å². The number of rotatable bonds is 5. The molecule has 1 aromatic carbocycles. The Hall–Kier alpha value is -1.86. The normalized spacial score (nSPS) is 13.4. The molecule has 2 N–H and O–H groups in total. The summed E-state index contributed by atoms with van der Waals surface area (Å²) >= 11 is 5.04. The van der Waals surface area contributed by atoms with Gasteiger partial charge in [0.1, 0.15) is 0 Å². The fourth-order valence-corrected chi connectivity index (χ4v) is 3.78. The lowest BCUT2D eigenvalue weighted by Gasteiger charge is -2.16. The maximum absolute atomic E-state index is 12.5. The third-order valence-electron chi connectivity index (χ3n) is 3.67. The van der Waals surface area contributed by atoms with E-state index in [2.05, 4.69) is 26.6 Å². The van der Waals surface area contributed by atoms with Crippen LogP contribution in [0.25, 0.3) is 0 Å². The van der Waals surface area contributed by atoms with E-state index < -0.39 is 0 Å². The number of benzene rings is 1. The summed E-state index contributed by atoms with van der Waals surface area (Å²) in [6.45, 7) is 0.568. The molecule has 0 saturated heterocycles. The molecule has 0 bridgehead atoms. The molecule has 1 saturated carbocycles. The van der Waals surface area contributed by atoms with Crippen molar-refractivity contribution in [1.82, 2.24) is 10.2 Å². The van der Waals surface area contributed by atoms with Gasteiger partial charge in [-0.1, -0.05) is 0 Å². The number of thiophene rings is 1. The Balaban J connectivity index is 1.57. The molecule has 1 heterocycles. The number of amides is 3. The second-order valence-corrected chi connectivity index (χ2v) is 8.36. The zero-order valence-corrected chi connectivity index (χ0v) is 15.6. The van der Waals surface area contributed by atoms with Gasteiger partial charge in [0.2, 0.25) is 0 Å². The Morgan fingerprint density at radius 2 is 1.92 bits per heavy atom. The van der Waals surface area contributed by atoms with E-state index in [1.165, 1.54) is 0 Å². The van der Waals surface area contributed by atoms with Gasteiger partial charge in [0.05, 0.1) is 10.3 Å². The van der Waals surface area contributed by atoms with E-state index in [1.807, 2.05) is 12.1 Å². The number of halogens is 1. The topological polar surface area (TPSA) is 61.4 Å². The molecule has 2 aromatic rings. The quantitative estimate of drug-likeness (QED) is 0.784. The van der Waals surface area contributed by atoms with Crippen molar-refractivity contribution in [2.24, 2.45) is 0 Å². The molecule has 7 heteroatoms. The Labute approximate surface area is 153 Å². The highest BCUT2D eigenvalue weighted by Crippen LogP contribution is 2.23. The van der Waals surface area contributed by atoms with Gasteiger partial charge in [-0.05, 0) is 65.2 Å². The maximum Gasteiger partial charge on any atom is 0.319 e. The lowest BCUT2D eigenvalue weighted by molar-refractivity contribution is 0.0786. The summed E-state index contributed by atoms with van der Waals surface area (Å²) in [5.41, 5.74) is 1.27. The van der Waals surface area contributed by atoms with Crippen LogP contribution >= 0.6 is 27.3 Å². The van der Waals surface area contributed by atoms with Crippen LogP contribution in [0, 0.1) is 0 Å². The molecule has 126 valence electrons.